The van der Waals surface area contributed by atoms with Gasteiger partial charge in [0.05, 0.1) is 11.3 Å². The molecule has 0 radical (unpaired) electrons. The van der Waals surface area contributed by atoms with Crippen LogP contribution in [0.4, 0.5) is 5.95 Å². The first-order chi connectivity index (χ1) is 16.7. The number of benzene rings is 2. The van der Waals surface area contributed by atoms with E-state index in [9.17, 15) is 4.79 Å². The Balaban J connectivity index is 1.52. The number of aromatic nitrogens is 2. The summed E-state index contributed by atoms with van der Waals surface area (Å²) in [6, 6.07) is 21.0. The third kappa shape index (κ3) is 4.44. The average molecular weight is 455 g/mol. The highest BCUT2D eigenvalue weighted by Gasteiger charge is 2.42. The van der Waals surface area contributed by atoms with Crippen LogP contribution < -0.4 is 4.90 Å². The zero-order valence-corrected chi connectivity index (χ0v) is 20.1. The summed E-state index contributed by atoms with van der Waals surface area (Å²) in [6.45, 7) is 2.64. The number of carbonyl (C=O) groups is 1. The van der Waals surface area contributed by atoms with E-state index in [2.05, 4.69) is 47.4 Å². The number of likely N-dealkylation sites (N-methyl/N-ethyl adjacent to an activating group) is 1. The number of carbonyl (C=O) groups excluding carboxylic acids is 1. The number of hydrogen-bond acceptors (Lipinski definition) is 4. The minimum absolute atomic E-state index is 0.0149. The summed E-state index contributed by atoms with van der Waals surface area (Å²) < 4.78 is 0. The van der Waals surface area contributed by atoms with E-state index in [1.807, 2.05) is 30.1 Å². The smallest absolute Gasteiger partial charge is 0.257 e. The Labute approximate surface area is 202 Å². The van der Waals surface area contributed by atoms with Gasteiger partial charge in [-0.1, -0.05) is 73.5 Å². The van der Waals surface area contributed by atoms with Crippen molar-refractivity contribution >= 4 is 11.9 Å². The molecule has 2 aromatic carbocycles. The SMILES string of the molecule is CN(CCc1ccccc1)C(=O)c1cnc(N2CCCC2)nc1C1(c2ccccc2)CCCC1. The fraction of sp³-hybridized carbons (Fsp3) is 0.414. The quantitative estimate of drug-likeness (QED) is 0.489. The molecule has 2 aliphatic rings. The van der Waals surface area contributed by atoms with Crippen LogP contribution in [0.1, 0.15) is 65.7 Å². The van der Waals surface area contributed by atoms with Crippen molar-refractivity contribution in [2.24, 2.45) is 0 Å². The van der Waals surface area contributed by atoms with Crippen molar-refractivity contribution < 1.29 is 4.79 Å². The monoisotopic (exact) mass is 454 g/mol. The van der Waals surface area contributed by atoms with Crippen LogP contribution in [0, 0.1) is 0 Å². The van der Waals surface area contributed by atoms with Crippen LogP contribution in [0.15, 0.2) is 66.9 Å². The lowest BCUT2D eigenvalue weighted by Gasteiger charge is -2.32. The molecule has 5 rings (SSSR count). The van der Waals surface area contributed by atoms with Gasteiger partial charge in [0.25, 0.3) is 5.91 Å². The first-order valence-electron chi connectivity index (χ1n) is 12.6. The molecule has 1 amide bonds. The van der Waals surface area contributed by atoms with E-state index in [1.165, 1.54) is 24.0 Å². The van der Waals surface area contributed by atoms with Gasteiger partial charge >= 0.3 is 0 Å². The van der Waals surface area contributed by atoms with Gasteiger partial charge in [0, 0.05) is 38.3 Å². The van der Waals surface area contributed by atoms with Gasteiger partial charge in [-0.05, 0) is 43.2 Å². The van der Waals surface area contributed by atoms with E-state index in [0.717, 1.165) is 56.8 Å². The molecule has 34 heavy (non-hydrogen) atoms. The van der Waals surface area contributed by atoms with Gasteiger partial charge in [0.15, 0.2) is 0 Å². The zero-order chi connectivity index (χ0) is 23.4. The lowest BCUT2D eigenvalue weighted by atomic mass is 9.74. The van der Waals surface area contributed by atoms with Crippen molar-refractivity contribution in [3.05, 3.63) is 89.2 Å². The van der Waals surface area contributed by atoms with Crippen LogP contribution in [-0.4, -0.2) is 47.5 Å². The van der Waals surface area contributed by atoms with Crippen LogP contribution in [0.2, 0.25) is 0 Å². The summed E-state index contributed by atoms with van der Waals surface area (Å²) in [6.07, 6.45) is 9.31. The first kappa shape index (κ1) is 22.6. The molecular formula is C29H34N4O. The number of amides is 1. The second-order valence-electron chi connectivity index (χ2n) is 9.74. The summed E-state index contributed by atoms with van der Waals surface area (Å²) in [5.74, 6) is 0.791. The number of anilines is 1. The van der Waals surface area contributed by atoms with E-state index >= 15 is 0 Å². The number of nitrogens with zero attached hydrogens (tertiary/aromatic N) is 4. The molecule has 0 unspecified atom stereocenters. The van der Waals surface area contributed by atoms with Crippen molar-refractivity contribution in [1.29, 1.82) is 0 Å². The average Bonchev–Trinajstić information content (AvgIpc) is 3.61. The second kappa shape index (κ2) is 9.96. The van der Waals surface area contributed by atoms with Crippen LogP contribution >= 0.6 is 0 Å². The van der Waals surface area contributed by atoms with Crippen molar-refractivity contribution in [1.82, 2.24) is 14.9 Å². The minimum atomic E-state index is -0.232. The van der Waals surface area contributed by atoms with Gasteiger partial charge < -0.3 is 9.80 Å². The third-order valence-corrected chi connectivity index (χ3v) is 7.56. The van der Waals surface area contributed by atoms with Crippen LogP contribution in [0.25, 0.3) is 0 Å². The van der Waals surface area contributed by atoms with Gasteiger partial charge in [-0.2, -0.15) is 0 Å². The lowest BCUT2D eigenvalue weighted by molar-refractivity contribution is 0.0793. The molecule has 0 spiro atoms. The zero-order valence-electron chi connectivity index (χ0n) is 20.1. The van der Waals surface area contributed by atoms with Gasteiger partial charge in [0.1, 0.15) is 0 Å². The van der Waals surface area contributed by atoms with Crippen molar-refractivity contribution in [3.8, 4) is 0 Å². The number of hydrogen-bond donors (Lipinski definition) is 0. The van der Waals surface area contributed by atoms with E-state index in [4.69, 9.17) is 9.97 Å². The Morgan fingerprint density at radius 1 is 0.941 bits per heavy atom. The summed E-state index contributed by atoms with van der Waals surface area (Å²) in [4.78, 5) is 27.8. The Morgan fingerprint density at radius 2 is 1.59 bits per heavy atom. The van der Waals surface area contributed by atoms with Crippen LogP contribution in [-0.2, 0) is 11.8 Å². The Hall–Kier alpha value is -3.21. The van der Waals surface area contributed by atoms with E-state index < -0.39 is 0 Å². The molecule has 1 aliphatic heterocycles. The van der Waals surface area contributed by atoms with Crippen molar-refractivity contribution in [2.75, 3.05) is 31.6 Å². The summed E-state index contributed by atoms with van der Waals surface area (Å²) >= 11 is 0. The normalized spacial score (nSPS) is 17.1. The Morgan fingerprint density at radius 3 is 2.26 bits per heavy atom. The second-order valence-corrected chi connectivity index (χ2v) is 9.74. The largest absolute Gasteiger partial charge is 0.341 e. The highest BCUT2D eigenvalue weighted by molar-refractivity contribution is 5.95. The summed E-state index contributed by atoms with van der Waals surface area (Å²) in [5, 5.41) is 0. The first-order valence-corrected chi connectivity index (χ1v) is 12.6. The Bertz CT molecular complexity index is 1100. The molecule has 0 N–H and O–H groups in total. The maximum Gasteiger partial charge on any atom is 0.257 e. The molecule has 0 bridgehead atoms. The van der Waals surface area contributed by atoms with Gasteiger partial charge in [-0.3, -0.25) is 4.79 Å². The topological polar surface area (TPSA) is 49.3 Å². The fourth-order valence-corrected chi connectivity index (χ4v) is 5.61. The molecule has 1 saturated carbocycles. The minimum Gasteiger partial charge on any atom is -0.341 e. The van der Waals surface area contributed by atoms with Crippen molar-refractivity contribution in [2.45, 2.75) is 50.4 Å². The predicted molar refractivity (Wildman–Crippen MR) is 136 cm³/mol. The molecule has 0 atom stereocenters. The summed E-state index contributed by atoms with van der Waals surface area (Å²) in [7, 11) is 1.90. The molecule has 2 heterocycles. The van der Waals surface area contributed by atoms with E-state index in [-0.39, 0.29) is 11.3 Å². The molecule has 3 aromatic rings. The molecule has 1 saturated heterocycles. The van der Waals surface area contributed by atoms with Gasteiger partial charge in [-0.25, -0.2) is 9.97 Å². The van der Waals surface area contributed by atoms with Crippen LogP contribution in [0.3, 0.4) is 0 Å². The standard InChI is InChI=1S/C29H34N4O/c1-32(21-16-23-12-4-2-5-13-23)27(34)25-22-30-28(33-19-10-11-20-33)31-26(25)29(17-8-9-18-29)24-14-6-3-7-15-24/h2-7,12-15,22H,8-11,16-21H2,1H3. The van der Waals surface area contributed by atoms with Gasteiger partial charge in [-0.15, -0.1) is 0 Å². The molecule has 5 heteroatoms. The molecule has 2 fully saturated rings. The summed E-state index contributed by atoms with van der Waals surface area (Å²) in [5.41, 5.74) is 3.84. The molecule has 5 nitrogen and oxygen atoms in total. The highest BCUT2D eigenvalue weighted by atomic mass is 16.2. The molecule has 176 valence electrons. The van der Waals surface area contributed by atoms with Gasteiger partial charge in [0.2, 0.25) is 5.95 Å². The molecule has 1 aliphatic carbocycles. The predicted octanol–water partition coefficient (Wildman–Crippen LogP) is 5.25. The fourth-order valence-electron chi connectivity index (χ4n) is 5.61. The molecule has 1 aromatic heterocycles. The third-order valence-electron chi connectivity index (χ3n) is 7.56. The number of rotatable bonds is 7. The molecular weight excluding hydrogens is 420 g/mol. The van der Waals surface area contributed by atoms with Crippen molar-refractivity contribution in [3.63, 3.8) is 0 Å². The van der Waals surface area contributed by atoms with E-state index in [0.29, 0.717) is 12.1 Å². The Kier molecular flexibility index (Phi) is 6.61. The lowest BCUT2D eigenvalue weighted by Crippen LogP contribution is -2.35. The van der Waals surface area contributed by atoms with E-state index in [1.54, 1.807) is 6.20 Å². The van der Waals surface area contributed by atoms with Crippen LogP contribution in [0.5, 0.6) is 0 Å². The highest BCUT2D eigenvalue weighted by Crippen LogP contribution is 2.47. The maximum atomic E-state index is 13.8. The maximum absolute atomic E-state index is 13.8.